The Morgan fingerprint density at radius 1 is 1.26 bits per heavy atom. The normalized spacial score (nSPS) is 17.9. The third-order valence-electron chi connectivity index (χ3n) is 2.51. The van der Waals surface area contributed by atoms with Crippen LogP contribution in [0.5, 0.6) is 0 Å². The van der Waals surface area contributed by atoms with E-state index < -0.39 is 23.9 Å². The van der Waals surface area contributed by atoms with Crippen LogP contribution >= 0.6 is 23.2 Å². The molecule has 4 amide bonds. The molecule has 1 aliphatic heterocycles. The van der Waals surface area contributed by atoms with Gasteiger partial charge in [0.05, 0.1) is 10.0 Å². The quantitative estimate of drug-likeness (QED) is 0.726. The van der Waals surface area contributed by atoms with E-state index in [1.807, 2.05) is 0 Å². The lowest BCUT2D eigenvalue weighted by Crippen LogP contribution is -2.41. The Morgan fingerprint density at radius 2 is 2.00 bits per heavy atom. The van der Waals surface area contributed by atoms with Crippen molar-refractivity contribution in [3.8, 4) is 0 Å². The summed E-state index contributed by atoms with van der Waals surface area (Å²) in [5, 5.41) is 7.57. The molecular formula is C11H9Cl2N3O3. The van der Waals surface area contributed by atoms with Crippen molar-refractivity contribution in [1.82, 2.24) is 16.0 Å². The van der Waals surface area contributed by atoms with Gasteiger partial charge in [0.15, 0.2) is 0 Å². The summed E-state index contributed by atoms with van der Waals surface area (Å²) in [5.41, 5.74) is 0.319. The zero-order valence-corrected chi connectivity index (χ0v) is 11.0. The summed E-state index contributed by atoms with van der Waals surface area (Å²) in [7, 11) is 0. The van der Waals surface area contributed by atoms with Crippen molar-refractivity contribution in [2.45, 2.75) is 6.04 Å². The molecule has 0 radical (unpaired) electrons. The Hall–Kier alpha value is -1.79. The highest BCUT2D eigenvalue weighted by molar-refractivity contribution is 6.42. The van der Waals surface area contributed by atoms with E-state index in [-0.39, 0.29) is 11.6 Å². The maximum absolute atomic E-state index is 11.8. The summed E-state index contributed by atoms with van der Waals surface area (Å²) >= 11 is 11.5. The van der Waals surface area contributed by atoms with Crippen LogP contribution in [-0.2, 0) is 4.79 Å². The third-order valence-corrected chi connectivity index (χ3v) is 3.25. The first-order valence-electron chi connectivity index (χ1n) is 5.32. The lowest BCUT2D eigenvalue weighted by Gasteiger charge is -2.09. The van der Waals surface area contributed by atoms with Crippen molar-refractivity contribution >= 4 is 41.0 Å². The van der Waals surface area contributed by atoms with E-state index in [0.29, 0.717) is 10.6 Å². The van der Waals surface area contributed by atoms with Gasteiger partial charge in [-0.2, -0.15) is 0 Å². The summed E-state index contributed by atoms with van der Waals surface area (Å²) in [6, 6.07) is 3.10. The maximum Gasteiger partial charge on any atom is 0.322 e. The smallest absolute Gasteiger partial charge is 0.322 e. The molecule has 1 unspecified atom stereocenters. The highest BCUT2D eigenvalue weighted by Crippen LogP contribution is 2.22. The predicted octanol–water partition coefficient (Wildman–Crippen LogP) is 0.931. The zero-order chi connectivity index (χ0) is 14.0. The van der Waals surface area contributed by atoms with Gasteiger partial charge in [-0.3, -0.25) is 14.9 Å². The number of carbonyl (C=O) groups excluding carboxylic acids is 3. The monoisotopic (exact) mass is 301 g/mol. The Kier molecular flexibility index (Phi) is 3.92. The molecule has 1 aromatic carbocycles. The molecule has 1 aromatic rings. The van der Waals surface area contributed by atoms with Gasteiger partial charge in [0.1, 0.15) is 6.04 Å². The molecule has 0 aliphatic carbocycles. The van der Waals surface area contributed by atoms with Crippen molar-refractivity contribution in [2.75, 3.05) is 6.54 Å². The maximum atomic E-state index is 11.8. The summed E-state index contributed by atoms with van der Waals surface area (Å²) in [6.07, 6.45) is 0. The molecule has 1 fully saturated rings. The number of benzene rings is 1. The summed E-state index contributed by atoms with van der Waals surface area (Å²) in [4.78, 5) is 33.9. The number of urea groups is 1. The minimum Gasteiger partial charge on any atom is -0.349 e. The lowest BCUT2D eigenvalue weighted by atomic mass is 10.2. The van der Waals surface area contributed by atoms with Crippen molar-refractivity contribution in [3.63, 3.8) is 0 Å². The van der Waals surface area contributed by atoms with E-state index in [4.69, 9.17) is 23.2 Å². The second-order valence-electron chi connectivity index (χ2n) is 3.85. The van der Waals surface area contributed by atoms with E-state index in [2.05, 4.69) is 16.0 Å². The molecule has 1 atom stereocenters. The number of hydrogen-bond donors (Lipinski definition) is 3. The predicted molar refractivity (Wildman–Crippen MR) is 69.3 cm³/mol. The van der Waals surface area contributed by atoms with Gasteiger partial charge in [-0.25, -0.2) is 4.79 Å². The number of halogens is 2. The van der Waals surface area contributed by atoms with Crippen molar-refractivity contribution in [3.05, 3.63) is 33.8 Å². The van der Waals surface area contributed by atoms with Crippen molar-refractivity contribution < 1.29 is 14.4 Å². The van der Waals surface area contributed by atoms with Gasteiger partial charge in [-0.1, -0.05) is 23.2 Å². The molecule has 0 bridgehead atoms. The first-order valence-corrected chi connectivity index (χ1v) is 6.07. The van der Waals surface area contributed by atoms with Crippen LogP contribution < -0.4 is 16.0 Å². The fraction of sp³-hybridized carbons (Fsp3) is 0.182. The molecule has 0 aromatic heterocycles. The largest absolute Gasteiger partial charge is 0.349 e. The Balaban J connectivity index is 1.96. The molecular weight excluding hydrogens is 293 g/mol. The average molecular weight is 302 g/mol. The molecule has 100 valence electrons. The fourth-order valence-electron chi connectivity index (χ4n) is 1.54. The van der Waals surface area contributed by atoms with Crippen LogP contribution in [0.4, 0.5) is 4.79 Å². The summed E-state index contributed by atoms with van der Waals surface area (Å²) in [6.45, 7) is -0.00332. The Morgan fingerprint density at radius 3 is 2.58 bits per heavy atom. The van der Waals surface area contributed by atoms with Crippen LogP contribution in [0.2, 0.25) is 10.0 Å². The molecule has 6 nitrogen and oxygen atoms in total. The highest BCUT2D eigenvalue weighted by Gasteiger charge is 2.29. The van der Waals surface area contributed by atoms with Crippen LogP contribution in [0.1, 0.15) is 10.4 Å². The standard InChI is InChI=1S/C11H9Cl2N3O3/c12-6-2-1-5(3-7(6)13)9(17)14-4-8-10(18)16-11(19)15-8/h1-3,8H,4H2,(H,14,17)(H2,15,16,18,19). The van der Waals surface area contributed by atoms with Crippen LogP contribution in [0, 0.1) is 0 Å². The van der Waals surface area contributed by atoms with Gasteiger partial charge >= 0.3 is 6.03 Å². The Bertz CT molecular complexity index is 562. The first-order chi connectivity index (χ1) is 8.97. The number of nitrogens with one attached hydrogen (secondary N) is 3. The van der Waals surface area contributed by atoms with E-state index >= 15 is 0 Å². The van der Waals surface area contributed by atoms with Gasteiger partial charge in [0.2, 0.25) is 0 Å². The first kappa shape index (κ1) is 13.6. The average Bonchev–Trinajstić information content (AvgIpc) is 2.68. The highest BCUT2D eigenvalue weighted by atomic mass is 35.5. The molecule has 0 saturated carbocycles. The van der Waals surface area contributed by atoms with Crippen LogP contribution in [-0.4, -0.2) is 30.4 Å². The number of hydrogen-bond acceptors (Lipinski definition) is 3. The van der Waals surface area contributed by atoms with E-state index in [1.165, 1.54) is 18.2 Å². The summed E-state index contributed by atoms with van der Waals surface area (Å²) < 4.78 is 0. The molecule has 3 N–H and O–H groups in total. The topological polar surface area (TPSA) is 87.3 Å². The van der Waals surface area contributed by atoms with Crippen molar-refractivity contribution in [2.24, 2.45) is 0 Å². The van der Waals surface area contributed by atoms with Gasteiger partial charge in [0, 0.05) is 12.1 Å². The van der Waals surface area contributed by atoms with Gasteiger partial charge in [0.25, 0.3) is 11.8 Å². The van der Waals surface area contributed by atoms with Crippen LogP contribution in [0.15, 0.2) is 18.2 Å². The number of imide groups is 1. The minimum absolute atomic E-state index is 0.00332. The second-order valence-corrected chi connectivity index (χ2v) is 4.67. The van der Waals surface area contributed by atoms with Gasteiger partial charge in [-0.05, 0) is 18.2 Å². The van der Waals surface area contributed by atoms with E-state index in [1.54, 1.807) is 0 Å². The Labute approximate surface area is 118 Å². The fourth-order valence-corrected chi connectivity index (χ4v) is 1.83. The molecule has 2 rings (SSSR count). The zero-order valence-electron chi connectivity index (χ0n) is 9.50. The van der Waals surface area contributed by atoms with Crippen LogP contribution in [0.3, 0.4) is 0 Å². The number of amides is 4. The molecule has 0 spiro atoms. The number of carbonyl (C=O) groups is 3. The van der Waals surface area contributed by atoms with E-state index in [9.17, 15) is 14.4 Å². The molecule has 1 saturated heterocycles. The van der Waals surface area contributed by atoms with Gasteiger partial charge in [-0.15, -0.1) is 0 Å². The van der Waals surface area contributed by atoms with Crippen molar-refractivity contribution in [1.29, 1.82) is 0 Å². The molecule has 1 aliphatic rings. The van der Waals surface area contributed by atoms with Gasteiger partial charge < -0.3 is 10.6 Å². The third kappa shape index (κ3) is 3.15. The summed E-state index contributed by atoms with van der Waals surface area (Å²) in [5.74, 6) is -0.882. The molecule has 1 heterocycles. The van der Waals surface area contributed by atoms with Crippen LogP contribution in [0.25, 0.3) is 0 Å². The lowest BCUT2D eigenvalue weighted by molar-refractivity contribution is -0.120. The molecule has 8 heteroatoms. The number of rotatable bonds is 3. The van der Waals surface area contributed by atoms with E-state index in [0.717, 1.165) is 0 Å². The minimum atomic E-state index is -0.765. The second kappa shape index (κ2) is 5.46. The molecule has 19 heavy (non-hydrogen) atoms. The SMILES string of the molecule is O=C1NC(=O)C(CNC(=O)c2ccc(Cl)c(Cl)c2)N1.